The highest BCUT2D eigenvalue weighted by Gasteiger charge is 2.34. The number of aliphatic hydroxyl groups is 2. The third-order valence-corrected chi connectivity index (χ3v) is 4.20. The van der Waals surface area contributed by atoms with Gasteiger partial charge < -0.3 is 26.2 Å². The molecule has 2 rings (SSSR count). The molecule has 1 fully saturated rings. The van der Waals surface area contributed by atoms with E-state index in [-0.39, 0.29) is 35.1 Å². The maximum absolute atomic E-state index is 11.9. The summed E-state index contributed by atoms with van der Waals surface area (Å²) in [5.74, 6) is -0.388. The van der Waals surface area contributed by atoms with E-state index in [0.29, 0.717) is 5.00 Å². The lowest BCUT2D eigenvalue weighted by atomic mass is 10.2. The quantitative estimate of drug-likeness (QED) is 0.558. The number of thiophene rings is 1. The Kier molecular flexibility index (Phi) is 3.61. The largest absolute Gasteiger partial charge is 0.396 e. The molecule has 0 bridgehead atoms. The second-order valence-corrected chi connectivity index (χ2v) is 5.25. The van der Waals surface area contributed by atoms with E-state index < -0.39 is 12.2 Å². The fraction of sp³-hybridized carbons (Fsp3) is 0.455. The summed E-state index contributed by atoms with van der Waals surface area (Å²) in [6.07, 6.45) is -1.74. The topological polar surface area (TPSA) is 123 Å². The van der Waals surface area contributed by atoms with E-state index in [1.807, 2.05) is 6.07 Å². The molecule has 1 aromatic heterocycles. The Bertz CT molecular complexity index is 541. The average molecular weight is 282 g/mol. The monoisotopic (exact) mass is 282 g/mol. The van der Waals surface area contributed by atoms with Crippen molar-refractivity contribution in [1.29, 1.82) is 5.26 Å². The lowest BCUT2D eigenvalue weighted by Gasteiger charge is -2.17. The Morgan fingerprint density at radius 1 is 1.53 bits per heavy atom. The summed E-state index contributed by atoms with van der Waals surface area (Å²) in [5, 5.41) is 31.1. The van der Waals surface area contributed by atoms with Crippen LogP contribution >= 0.6 is 11.3 Å². The van der Waals surface area contributed by atoms with Crippen molar-refractivity contribution in [2.24, 2.45) is 0 Å². The minimum atomic E-state index is -0.869. The minimum absolute atomic E-state index is 0.137. The molecule has 1 amide bonds. The van der Waals surface area contributed by atoms with Gasteiger partial charge in [-0.3, -0.25) is 4.79 Å². The van der Waals surface area contributed by atoms with Crippen molar-refractivity contribution < 1.29 is 15.0 Å². The summed E-state index contributed by atoms with van der Waals surface area (Å²) in [6, 6.07) is 1.94. The van der Waals surface area contributed by atoms with Crippen LogP contribution < -0.4 is 16.0 Å². The van der Waals surface area contributed by atoms with Gasteiger partial charge in [-0.05, 0) is 0 Å². The number of rotatable bonds is 2. The molecule has 5 N–H and O–H groups in total. The van der Waals surface area contributed by atoms with Crippen molar-refractivity contribution in [3.05, 3.63) is 10.4 Å². The molecule has 2 atom stereocenters. The number of β-amino-alcohol motifs (C(OH)–C–C–N with tert-alkyl or cyclic N) is 2. The van der Waals surface area contributed by atoms with Crippen LogP contribution in [0.4, 0.5) is 10.7 Å². The number of nitrogens with zero attached hydrogens (tertiary/aromatic N) is 2. The molecule has 8 heteroatoms. The normalized spacial score (nSPS) is 22.3. The first-order valence-corrected chi connectivity index (χ1v) is 6.46. The number of hydrogen-bond acceptors (Lipinski definition) is 7. The third kappa shape index (κ3) is 2.23. The fourth-order valence-electron chi connectivity index (χ4n) is 2.02. The highest BCUT2D eigenvalue weighted by atomic mass is 32.1. The molecule has 0 aromatic carbocycles. The van der Waals surface area contributed by atoms with E-state index >= 15 is 0 Å². The summed E-state index contributed by atoms with van der Waals surface area (Å²) in [4.78, 5) is 13.8. The summed E-state index contributed by atoms with van der Waals surface area (Å²) >= 11 is 1.09. The van der Waals surface area contributed by atoms with Crippen LogP contribution in [-0.2, 0) is 0 Å². The molecule has 1 aliphatic heterocycles. The second-order valence-electron chi connectivity index (χ2n) is 4.26. The Labute approximate surface area is 113 Å². The van der Waals surface area contributed by atoms with E-state index in [1.54, 1.807) is 4.90 Å². The van der Waals surface area contributed by atoms with Gasteiger partial charge >= 0.3 is 0 Å². The number of carbonyl (C=O) groups excluding carboxylic acids is 1. The number of anilines is 2. The van der Waals surface area contributed by atoms with Crippen LogP contribution in [0.3, 0.4) is 0 Å². The number of aliphatic hydroxyl groups excluding tert-OH is 2. The Hall–Kier alpha value is -1.82. The van der Waals surface area contributed by atoms with E-state index in [1.165, 1.54) is 7.05 Å². The standard InChI is InChI=1S/C11H14N4O3S/c1-14-10(18)8-9(13)7(2-12)19-11(8)15-3-5(16)6(17)4-15/h5-6,16-17H,3-4,13H2,1H3,(H,14,18). The number of nitrogens with two attached hydrogens (primary N) is 1. The van der Waals surface area contributed by atoms with Gasteiger partial charge in [0.2, 0.25) is 0 Å². The molecule has 102 valence electrons. The van der Waals surface area contributed by atoms with Gasteiger partial charge in [0.15, 0.2) is 0 Å². The summed E-state index contributed by atoms with van der Waals surface area (Å²) in [5.41, 5.74) is 6.17. The highest BCUT2D eigenvalue weighted by molar-refractivity contribution is 7.17. The number of nitriles is 1. The van der Waals surface area contributed by atoms with Crippen LogP contribution in [0.1, 0.15) is 15.2 Å². The molecule has 0 saturated carbocycles. The zero-order valence-electron chi connectivity index (χ0n) is 10.3. The lowest BCUT2D eigenvalue weighted by Crippen LogP contribution is -2.25. The summed E-state index contributed by atoms with van der Waals surface area (Å²) in [6.45, 7) is 0.409. The van der Waals surface area contributed by atoms with Gasteiger partial charge in [0, 0.05) is 20.1 Å². The summed E-state index contributed by atoms with van der Waals surface area (Å²) in [7, 11) is 1.48. The van der Waals surface area contributed by atoms with Gasteiger partial charge in [0.25, 0.3) is 5.91 Å². The van der Waals surface area contributed by atoms with E-state index in [4.69, 9.17) is 11.0 Å². The molecule has 2 unspecified atom stereocenters. The molecule has 1 aliphatic rings. The SMILES string of the molecule is CNC(=O)c1c(N2CC(O)C(O)C2)sc(C#N)c1N. The first kappa shape index (κ1) is 13.6. The number of nitrogens with one attached hydrogen (secondary N) is 1. The third-order valence-electron chi connectivity index (χ3n) is 3.03. The molecular formula is C11H14N4O3S. The van der Waals surface area contributed by atoms with E-state index in [9.17, 15) is 15.0 Å². The zero-order valence-corrected chi connectivity index (χ0v) is 11.1. The van der Waals surface area contributed by atoms with E-state index in [2.05, 4.69) is 5.32 Å². The van der Waals surface area contributed by atoms with Crippen molar-refractivity contribution in [1.82, 2.24) is 5.32 Å². The van der Waals surface area contributed by atoms with E-state index in [0.717, 1.165) is 11.3 Å². The highest BCUT2D eigenvalue weighted by Crippen LogP contribution is 2.39. The van der Waals surface area contributed by atoms with Crippen molar-refractivity contribution >= 4 is 27.9 Å². The molecular weight excluding hydrogens is 268 g/mol. The van der Waals surface area contributed by atoms with Gasteiger partial charge in [0.05, 0.1) is 23.5 Å². The number of nitrogen functional groups attached to an aromatic ring is 1. The van der Waals surface area contributed by atoms with Crippen molar-refractivity contribution in [3.63, 3.8) is 0 Å². The first-order chi connectivity index (χ1) is 8.99. The molecule has 1 saturated heterocycles. The van der Waals surface area contributed by atoms with Gasteiger partial charge in [-0.1, -0.05) is 0 Å². The Morgan fingerprint density at radius 3 is 2.58 bits per heavy atom. The molecule has 0 radical (unpaired) electrons. The van der Waals surface area contributed by atoms with Gasteiger partial charge in [0.1, 0.15) is 15.9 Å². The molecule has 7 nitrogen and oxygen atoms in total. The molecule has 19 heavy (non-hydrogen) atoms. The second kappa shape index (κ2) is 5.05. The minimum Gasteiger partial charge on any atom is -0.396 e. The number of amides is 1. The molecule has 1 aromatic rings. The summed E-state index contributed by atoms with van der Waals surface area (Å²) < 4.78 is 0. The molecule has 2 heterocycles. The van der Waals surface area contributed by atoms with Gasteiger partial charge in [-0.25, -0.2) is 0 Å². The molecule has 0 aliphatic carbocycles. The van der Waals surface area contributed by atoms with Crippen molar-refractivity contribution in [2.75, 3.05) is 30.8 Å². The van der Waals surface area contributed by atoms with Crippen LogP contribution in [-0.4, -0.2) is 48.5 Å². The van der Waals surface area contributed by atoms with Crippen LogP contribution in [0, 0.1) is 11.3 Å². The van der Waals surface area contributed by atoms with Crippen LogP contribution in [0.15, 0.2) is 0 Å². The maximum atomic E-state index is 11.9. The Morgan fingerprint density at radius 2 is 2.11 bits per heavy atom. The zero-order chi connectivity index (χ0) is 14.2. The number of hydrogen-bond donors (Lipinski definition) is 4. The predicted molar refractivity (Wildman–Crippen MR) is 71.1 cm³/mol. The van der Waals surface area contributed by atoms with Crippen LogP contribution in [0.5, 0.6) is 0 Å². The van der Waals surface area contributed by atoms with Gasteiger partial charge in [-0.2, -0.15) is 5.26 Å². The van der Waals surface area contributed by atoms with Crippen molar-refractivity contribution in [2.45, 2.75) is 12.2 Å². The Balaban J connectivity index is 2.46. The lowest BCUT2D eigenvalue weighted by molar-refractivity contribution is 0.0572. The maximum Gasteiger partial charge on any atom is 0.256 e. The smallest absolute Gasteiger partial charge is 0.256 e. The van der Waals surface area contributed by atoms with Crippen molar-refractivity contribution in [3.8, 4) is 6.07 Å². The van der Waals surface area contributed by atoms with Crippen LogP contribution in [0.25, 0.3) is 0 Å². The predicted octanol–water partition coefficient (Wildman–Crippen LogP) is -0.897. The molecule has 0 spiro atoms. The van der Waals surface area contributed by atoms with Gasteiger partial charge in [-0.15, -0.1) is 11.3 Å². The number of carbonyl (C=O) groups is 1. The fourth-order valence-corrected chi connectivity index (χ4v) is 3.05. The first-order valence-electron chi connectivity index (χ1n) is 5.65. The average Bonchev–Trinajstić information content (AvgIpc) is 2.89. The van der Waals surface area contributed by atoms with Crippen LogP contribution in [0.2, 0.25) is 0 Å².